The van der Waals surface area contributed by atoms with Crippen LogP contribution in [-0.2, 0) is 0 Å². The topological polar surface area (TPSA) is 18.5 Å². The molecule has 0 saturated carbocycles. The number of halogens is 2. The summed E-state index contributed by atoms with van der Waals surface area (Å²) in [6.07, 6.45) is 0. The Hall–Kier alpha value is -1.00. The Labute approximate surface area is 136 Å². The average Bonchev–Trinajstić information content (AvgIpc) is 2.46. The summed E-state index contributed by atoms with van der Waals surface area (Å²) in [6.45, 7) is 2.08. The highest BCUT2D eigenvalue weighted by atomic mass is 79.9. The van der Waals surface area contributed by atoms with Crippen molar-refractivity contribution in [3.05, 3.63) is 57.6 Å². The maximum atomic E-state index is 5.47. The Balaban J connectivity index is 2.44. The second-order valence-electron chi connectivity index (χ2n) is 4.50. The van der Waals surface area contributed by atoms with Crippen molar-refractivity contribution in [2.75, 3.05) is 14.2 Å². The molecule has 4 heteroatoms. The molecule has 20 heavy (non-hydrogen) atoms. The van der Waals surface area contributed by atoms with Crippen molar-refractivity contribution >= 4 is 31.9 Å². The number of methoxy groups -OCH3 is 2. The zero-order valence-electron chi connectivity index (χ0n) is 11.6. The lowest BCUT2D eigenvalue weighted by atomic mass is 10.0. The van der Waals surface area contributed by atoms with E-state index in [-0.39, 0.29) is 4.83 Å². The molecule has 0 amide bonds. The number of rotatable bonds is 4. The van der Waals surface area contributed by atoms with Gasteiger partial charge in [0.15, 0.2) is 0 Å². The van der Waals surface area contributed by atoms with Crippen molar-refractivity contribution in [1.29, 1.82) is 0 Å². The third-order valence-corrected chi connectivity index (χ3v) is 4.82. The molecule has 0 fully saturated rings. The molecular formula is C16H16Br2O2. The highest BCUT2D eigenvalue weighted by Crippen LogP contribution is 2.41. The normalized spacial score (nSPS) is 12.1. The number of hydrogen-bond donors (Lipinski definition) is 0. The Morgan fingerprint density at radius 2 is 1.65 bits per heavy atom. The summed E-state index contributed by atoms with van der Waals surface area (Å²) in [7, 11) is 3.32. The molecule has 0 aliphatic heterocycles. The Bertz CT molecular complexity index is 611. The molecule has 0 bridgehead atoms. The van der Waals surface area contributed by atoms with Crippen LogP contribution in [0.4, 0.5) is 0 Å². The largest absolute Gasteiger partial charge is 0.497 e. The molecule has 0 saturated heterocycles. The standard InChI is InChI=1S/C16H16Br2O2/c1-10-4-6-12(14(17)8-10)16(18)13-7-5-11(19-2)9-15(13)20-3/h4-9,16H,1-3H3. The van der Waals surface area contributed by atoms with Gasteiger partial charge in [-0.1, -0.05) is 50.1 Å². The predicted molar refractivity (Wildman–Crippen MR) is 89.2 cm³/mol. The van der Waals surface area contributed by atoms with E-state index < -0.39 is 0 Å². The second kappa shape index (κ2) is 6.64. The lowest BCUT2D eigenvalue weighted by molar-refractivity contribution is 0.391. The summed E-state index contributed by atoms with van der Waals surface area (Å²) in [5.41, 5.74) is 3.46. The van der Waals surface area contributed by atoms with Crippen LogP contribution in [0, 0.1) is 6.92 Å². The Morgan fingerprint density at radius 3 is 2.25 bits per heavy atom. The van der Waals surface area contributed by atoms with E-state index in [2.05, 4.69) is 57.0 Å². The van der Waals surface area contributed by atoms with E-state index in [1.165, 1.54) is 11.1 Å². The lowest BCUT2D eigenvalue weighted by Gasteiger charge is -2.17. The number of hydrogen-bond acceptors (Lipinski definition) is 2. The molecule has 2 aromatic rings. The summed E-state index contributed by atoms with van der Waals surface area (Å²) in [5, 5.41) is 0. The van der Waals surface area contributed by atoms with Gasteiger partial charge in [0, 0.05) is 16.1 Å². The van der Waals surface area contributed by atoms with Crippen molar-refractivity contribution < 1.29 is 9.47 Å². The van der Waals surface area contributed by atoms with E-state index in [1.54, 1.807) is 14.2 Å². The number of benzene rings is 2. The van der Waals surface area contributed by atoms with Crippen LogP contribution in [0.15, 0.2) is 40.9 Å². The SMILES string of the molecule is COc1ccc(C(Br)c2ccc(C)cc2Br)c(OC)c1. The van der Waals surface area contributed by atoms with E-state index in [4.69, 9.17) is 9.47 Å². The molecule has 2 rings (SSSR count). The van der Waals surface area contributed by atoms with Gasteiger partial charge in [0.05, 0.1) is 19.0 Å². The lowest BCUT2D eigenvalue weighted by Crippen LogP contribution is -1.99. The molecule has 0 radical (unpaired) electrons. The van der Waals surface area contributed by atoms with Gasteiger partial charge in [-0.2, -0.15) is 0 Å². The first-order chi connectivity index (χ1) is 9.56. The summed E-state index contributed by atoms with van der Waals surface area (Å²) in [5.74, 6) is 1.59. The molecule has 106 valence electrons. The summed E-state index contributed by atoms with van der Waals surface area (Å²) in [6, 6.07) is 12.2. The fourth-order valence-corrected chi connectivity index (χ4v) is 3.84. The summed E-state index contributed by atoms with van der Waals surface area (Å²) >= 11 is 7.38. The smallest absolute Gasteiger partial charge is 0.127 e. The van der Waals surface area contributed by atoms with E-state index in [9.17, 15) is 0 Å². The van der Waals surface area contributed by atoms with Crippen LogP contribution in [-0.4, -0.2) is 14.2 Å². The van der Waals surface area contributed by atoms with Gasteiger partial charge in [-0.15, -0.1) is 0 Å². The van der Waals surface area contributed by atoms with Gasteiger partial charge in [-0.25, -0.2) is 0 Å². The van der Waals surface area contributed by atoms with Crippen LogP contribution in [0.25, 0.3) is 0 Å². The predicted octanol–water partition coefficient (Wildman–Crippen LogP) is 5.26. The summed E-state index contributed by atoms with van der Waals surface area (Å²) in [4.78, 5) is 0.0540. The number of alkyl halides is 1. The van der Waals surface area contributed by atoms with Crippen molar-refractivity contribution in [3.8, 4) is 11.5 Å². The molecule has 1 atom stereocenters. The zero-order chi connectivity index (χ0) is 14.7. The fourth-order valence-electron chi connectivity index (χ4n) is 2.03. The van der Waals surface area contributed by atoms with Gasteiger partial charge in [0.1, 0.15) is 11.5 Å². The Kier molecular flexibility index (Phi) is 5.11. The zero-order valence-corrected chi connectivity index (χ0v) is 14.8. The molecular weight excluding hydrogens is 384 g/mol. The molecule has 1 unspecified atom stereocenters. The third kappa shape index (κ3) is 3.18. The molecule has 0 aromatic heterocycles. The minimum atomic E-state index is 0.0540. The molecule has 0 heterocycles. The van der Waals surface area contributed by atoms with Gasteiger partial charge < -0.3 is 9.47 Å². The first-order valence-corrected chi connectivity index (χ1v) is 7.89. The third-order valence-electron chi connectivity index (χ3n) is 3.14. The van der Waals surface area contributed by atoms with Crippen LogP contribution in [0.2, 0.25) is 0 Å². The van der Waals surface area contributed by atoms with E-state index in [0.29, 0.717) is 0 Å². The van der Waals surface area contributed by atoms with Crippen molar-refractivity contribution in [2.24, 2.45) is 0 Å². The average molecular weight is 400 g/mol. The van der Waals surface area contributed by atoms with Crippen molar-refractivity contribution in [3.63, 3.8) is 0 Å². The van der Waals surface area contributed by atoms with Crippen molar-refractivity contribution in [2.45, 2.75) is 11.8 Å². The summed E-state index contributed by atoms with van der Waals surface area (Å²) < 4.78 is 11.8. The fraction of sp³-hybridized carbons (Fsp3) is 0.250. The minimum Gasteiger partial charge on any atom is -0.497 e. The Morgan fingerprint density at radius 1 is 0.950 bits per heavy atom. The molecule has 0 aliphatic rings. The van der Waals surface area contributed by atoms with Crippen molar-refractivity contribution in [1.82, 2.24) is 0 Å². The quantitative estimate of drug-likeness (QED) is 0.653. The number of ether oxygens (including phenoxy) is 2. The van der Waals surface area contributed by atoms with Crippen LogP contribution in [0.5, 0.6) is 11.5 Å². The first-order valence-electron chi connectivity index (χ1n) is 6.19. The molecule has 2 aromatic carbocycles. The van der Waals surface area contributed by atoms with Crippen LogP contribution >= 0.6 is 31.9 Å². The molecule has 0 N–H and O–H groups in total. The molecule has 0 spiro atoms. The maximum absolute atomic E-state index is 5.47. The molecule has 2 nitrogen and oxygen atoms in total. The van der Waals surface area contributed by atoms with E-state index in [1.807, 2.05) is 18.2 Å². The van der Waals surface area contributed by atoms with Gasteiger partial charge in [0.2, 0.25) is 0 Å². The van der Waals surface area contributed by atoms with Crippen LogP contribution in [0.3, 0.4) is 0 Å². The first kappa shape index (κ1) is 15.4. The van der Waals surface area contributed by atoms with Crippen LogP contribution < -0.4 is 9.47 Å². The van der Waals surface area contributed by atoms with Crippen LogP contribution in [0.1, 0.15) is 21.5 Å². The highest BCUT2D eigenvalue weighted by Gasteiger charge is 2.18. The monoisotopic (exact) mass is 398 g/mol. The van der Waals surface area contributed by atoms with Gasteiger partial charge in [-0.05, 0) is 30.2 Å². The number of aryl methyl sites for hydroxylation is 1. The maximum Gasteiger partial charge on any atom is 0.127 e. The second-order valence-corrected chi connectivity index (χ2v) is 6.27. The highest BCUT2D eigenvalue weighted by molar-refractivity contribution is 9.11. The molecule has 0 aliphatic carbocycles. The van der Waals surface area contributed by atoms with Gasteiger partial charge >= 0.3 is 0 Å². The van der Waals surface area contributed by atoms with E-state index >= 15 is 0 Å². The van der Waals surface area contributed by atoms with E-state index in [0.717, 1.165) is 21.5 Å². The van der Waals surface area contributed by atoms with Gasteiger partial charge in [-0.3, -0.25) is 0 Å². The minimum absolute atomic E-state index is 0.0540. The van der Waals surface area contributed by atoms with Gasteiger partial charge in [0.25, 0.3) is 0 Å².